The van der Waals surface area contributed by atoms with Gasteiger partial charge in [0.15, 0.2) is 0 Å². The van der Waals surface area contributed by atoms with E-state index < -0.39 is 0 Å². The van der Waals surface area contributed by atoms with Gasteiger partial charge in [-0.05, 0) is 36.6 Å². The van der Waals surface area contributed by atoms with Crippen LogP contribution in [0.25, 0.3) is 0 Å². The summed E-state index contributed by atoms with van der Waals surface area (Å²) in [6, 6.07) is 6.21. The van der Waals surface area contributed by atoms with Crippen LogP contribution in [0.1, 0.15) is 23.9 Å². The first-order chi connectivity index (χ1) is 9.19. The Morgan fingerprint density at radius 1 is 1.47 bits per heavy atom. The van der Waals surface area contributed by atoms with Gasteiger partial charge in [-0.25, -0.2) is 4.98 Å². The zero-order valence-electron chi connectivity index (χ0n) is 10.8. The van der Waals surface area contributed by atoms with Gasteiger partial charge in [-0.2, -0.15) is 0 Å². The average molecular weight is 341 g/mol. The van der Waals surface area contributed by atoms with Crippen molar-refractivity contribution in [3.05, 3.63) is 44.8 Å². The summed E-state index contributed by atoms with van der Waals surface area (Å²) in [6.45, 7) is 2.60. The van der Waals surface area contributed by atoms with Crippen LogP contribution in [0.3, 0.4) is 0 Å². The molecule has 0 aliphatic carbocycles. The Balaban J connectivity index is 2.09. The molecule has 0 saturated heterocycles. The Morgan fingerprint density at radius 3 is 3.00 bits per heavy atom. The van der Waals surface area contributed by atoms with E-state index in [9.17, 15) is 0 Å². The molecule has 102 valence electrons. The summed E-state index contributed by atoms with van der Waals surface area (Å²) in [5, 5.41) is 2.93. The van der Waals surface area contributed by atoms with Crippen LogP contribution in [0, 0.1) is 0 Å². The Hall–Kier alpha value is -0.910. The van der Waals surface area contributed by atoms with Gasteiger partial charge in [-0.1, -0.05) is 22.9 Å². The third-order valence-corrected chi connectivity index (χ3v) is 4.11. The monoisotopic (exact) mass is 340 g/mol. The van der Waals surface area contributed by atoms with Crippen LogP contribution in [0.15, 0.2) is 34.2 Å². The van der Waals surface area contributed by atoms with Gasteiger partial charge in [0.2, 0.25) is 0 Å². The summed E-state index contributed by atoms with van der Waals surface area (Å²) >= 11 is 5.09. The summed E-state index contributed by atoms with van der Waals surface area (Å²) in [5.74, 6) is 0.891. The van der Waals surface area contributed by atoms with E-state index >= 15 is 0 Å². The first-order valence-electron chi connectivity index (χ1n) is 6.24. The Kier molecular flexibility index (Phi) is 5.36. The van der Waals surface area contributed by atoms with Crippen LogP contribution in [0.4, 0.5) is 0 Å². The normalized spacial score (nSPS) is 12.4. The second-order valence-electron chi connectivity index (χ2n) is 4.34. The highest BCUT2D eigenvalue weighted by atomic mass is 79.9. The lowest BCUT2D eigenvalue weighted by atomic mass is 10.0. The van der Waals surface area contributed by atoms with Gasteiger partial charge in [0.1, 0.15) is 17.4 Å². The van der Waals surface area contributed by atoms with E-state index in [1.807, 2.05) is 17.5 Å². The SMILES string of the molecule is CCC(N)Cc1cc(Br)ccc1OCc1nccs1. The van der Waals surface area contributed by atoms with Crippen molar-refractivity contribution >= 4 is 27.3 Å². The lowest BCUT2D eigenvalue weighted by molar-refractivity contribution is 0.301. The molecular weight excluding hydrogens is 324 g/mol. The zero-order valence-corrected chi connectivity index (χ0v) is 13.2. The topological polar surface area (TPSA) is 48.1 Å². The molecule has 19 heavy (non-hydrogen) atoms. The van der Waals surface area contributed by atoms with Crippen molar-refractivity contribution in [3.8, 4) is 5.75 Å². The standard InChI is InChI=1S/C14H17BrN2OS/c1-2-12(16)8-10-7-11(15)3-4-13(10)18-9-14-17-5-6-19-14/h3-7,12H,2,8-9,16H2,1H3. The maximum Gasteiger partial charge on any atom is 0.140 e. The Bertz CT molecular complexity index is 516. The highest BCUT2D eigenvalue weighted by Crippen LogP contribution is 2.25. The summed E-state index contributed by atoms with van der Waals surface area (Å²) in [6.07, 6.45) is 3.57. The number of rotatable bonds is 6. The smallest absolute Gasteiger partial charge is 0.140 e. The third kappa shape index (κ3) is 4.30. The van der Waals surface area contributed by atoms with E-state index in [4.69, 9.17) is 10.5 Å². The molecule has 2 aromatic rings. The van der Waals surface area contributed by atoms with E-state index in [1.165, 1.54) is 0 Å². The minimum Gasteiger partial charge on any atom is -0.486 e. The van der Waals surface area contributed by atoms with Gasteiger partial charge in [0.25, 0.3) is 0 Å². The van der Waals surface area contributed by atoms with Gasteiger partial charge in [-0.15, -0.1) is 11.3 Å². The second kappa shape index (κ2) is 7.03. The van der Waals surface area contributed by atoms with E-state index in [-0.39, 0.29) is 6.04 Å². The van der Waals surface area contributed by atoms with Gasteiger partial charge in [0, 0.05) is 22.1 Å². The molecule has 0 amide bonds. The molecule has 0 aliphatic heterocycles. The number of ether oxygens (including phenoxy) is 1. The summed E-state index contributed by atoms with van der Waals surface area (Å²) in [5.41, 5.74) is 7.17. The summed E-state index contributed by atoms with van der Waals surface area (Å²) < 4.78 is 6.90. The summed E-state index contributed by atoms with van der Waals surface area (Å²) in [7, 11) is 0. The van der Waals surface area contributed by atoms with E-state index in [0.717, 1.165) is 33.6 Å². The van der Waals surface area contributed by atoms with Crippen molar-refractivity contribution in [2.75, 3.05) is 0 Å². The fourth-order valence-corrected chi connectivity index (χ4v) is 2.67. The second-order valence-corrected chi connectivity index (χ2v) is 6.23. The first-order valence-corrected chi connectivity index (χ1v) is 7.91. The molecule has 5 heteroatoms. The van der Waals surface area contributed by atoms with Crippen molar-refractivity contribution in [3.63, 3.8) is 0 Å². The number of halogens is 1. The Morgan fingerprint density at radius 2 is 2.32 bits per heavy atom. The molecule has 0 bridgehead atoms. The number of aromatic nitrogens is 1. The number of thiazole rings is 1. The molecule has 0 aliphatic rings. The van der Waals surface area contributed by atoms with Crippen LogP contribution in [-0.2, 0) is 13.0 Å². The molecule has 2 rings (SSSR count). The third-order valence-electron chi connectivity index (χ3n) is 2.86. The quantitative estimate of drug-likeness (QED) is 0.870. The van der Waals surface area contributed by atoms with Crippen LogP contribution in [0.2, 0.25) is 0 Å². The maximum absolute atomic E-state index is 6.03. The molecule has 0 saturated carbocycles. The van der Waals surface area contributed by atoms with Crippen molar-refractivity contribution in [1.82, 2.24) is 4.98 Å². The number of nitrogens with zero attached hydrogens (tertiary/aromatic N) is 1. The molecule has 1 atom stereocenters. The number of hydrogen-bond donors (Lipinski definition) is 1. The molecule has 3 nitrogen and oxygen atoms in total. The van der Waals surface area contributed by atoms with Gasteiger partial charge in [0.05, 0.1) is 0 Å². The fraction of sp³-hybridized carbons (Fsp3) is 0.357. The van der Waals surface area contributed by atoms with E-state index in [1.54, 1.807) is 17.5 Å². The van der Waals surface area contributed by atoms with Crippen molar-refractivity contribution in [2.45, 2.75) is 32.4 Å². The molecule has 1 heterocycles. The fourth-order valence-electron chi connectivity index (χ4n) is 1.74. The molecule has 1 unspecified atom stereocenters. The van der Waals surface area contributed by atoms with E-state index in [2.05, 4.69) is 33.9 Å². The Labute approximate surface area is 125 Å². The molecule has 1 aromatic carbocycles. The van der Waals surface area contributed by atoms with Crippen molar-refractivity contribution in [1.29, 1.82) is 0 Å². The molecule has 0 radical (unpaired) electrons. The molecule has 2 N–H and O–H groups in total. The van der Waals surface area contributed by atoms with Gasteiger partial charge < -0.3 is 10.5 Å². The maximum atomic E-state index is 6.03. The number of hydrogen-bond acceptors (Lipinski definition) is 4. The van der Waals surface area contributed by atoms with E-state index in [0.29, 0.717) is 6.61 Å². The largest absolute Gasteiger partial charge is 0.486 e. The zero-order chi connectivity index (χ0) is 13.7. The average Bonchev–Trinajstić information content (AvgIpc) is 2.91. The molecular formula is C14H17BrN2OS. The predicted octanol–water partition coefficient (Wildman–Crippen LogP) is 3.76. The predicted molar refractivity (Wildman–Crippen MR) is 82.6 cm³/mol. The molecule has 0 fully saturated rings. The van der Waals surface area contributed by atoms with Crippen molar-refractivity contribution in [2.24, 2.45) is 5.73 Å². The van der Waals surface area contributed by atoms with Crippen LogP contribution < -0.4 is 10.5 Å². The lowest BCUT2D eigenvalue weighted by Gasteiger charge is -2.14. The first kappa shape index (κ1) is 14.5. The number of benzene rings is 1. The van der Waals surface area contributed by atoms with Crippen LogP contribution >= 0.6 is 27.3 Å². The van der Waals surface area contributed by atoms with Crippen LogP contribution in [-0.4, -0.2) is 11.0 Å². The molecule has 1 aromatic heterocycles. The minimum absolute atomic E-state index is 0.163. The van der Waals surface area contributed by atoms with Gasteiger partial charge >= 0.3 is 0 Å². The highest BCUT2D eigenvalue weighted by molar-refractivity contribution is 9.10. The molecule has 0 spiro atoms. The van der Waals surface area contributed by atoms with Gasteiger partial charge in [-0.3, -0.25) is 0 Å². The lowest BCUT2D eigenvalue weighted by Crippen LogP contribution is -2.21. The highest BCUT2D eigenvalue weighted by Gasteiger charge is 2.09. The minimum atomic E-state index is 0.163. The van der Waals surface area contributed by atoms with Crippen LogP contribution in [0.5, 0.6) is 5.75 Å². The summed E-state index contributed by atoms with van der Waals surface area (Å²) in [4.78, 5) is 4.22. The number of nitrogens with two attached hydrogens (primary N) is 1. The van der Waals surface area contributed by atoms with Crippen molar-refractivity contribution < 1.29 is 4.74 Å².